The van der Waals surface area contributed by atoms with Crippen LogP contribution in [0.25, 0.3) is 5.65 Å². The number of hydrogen-bond donors (Lipinski definition) is 2. The fourth-order valence-corrected chi connectivity index (χ4v) is 3.35. The third-order valence-corrected chi connectivity index (χ3v) is 4.79. The molecule has 128 valence electrons. The largest absolute Gasteiger partial charge is 0.393 e. The highest BCUT2D eigenvalue weighted by Crippen LogP contribution is 2.37. The van der Waals surface area contributed by atoms with Crippen LogP contribution in [0.5, 0.6) is 0 Å². The molecule has 1 aliphatic carbocycles. The SMILES string of the molecule is O=C(N[C@@H](c1ccccn1)C1CC(O)C1)c1cn2cc(Cl)ccc2n1. The van der Waals surface area contributed by atoms with E-state index in [1.165, 1.54) is 0 Å². The smallest absolute Gasteiger partial charge is 0.272 e. The van der Waals surface area contributed by atoms with Gasteiger partial charge < -0.3 is 14.8 Å². The van der Waals surface area contributed by atoms with Gasteiger partial charge in [0.25, 0.3) is 5.91 Å². The monoisotopic (exact) mass is 356 g/mol. The van der Waals surface area contributed by atoms with Gasteiger partial charge in [-0.2, -0.15) is 0 Å². The number of pyridine rings is 2. The summed E-state index contributed by atoms with van der Waals surface area (Å²) in [5.74, 6) is -0.0998. The molecule has 1 aliphatic rings. The van der Waals surface area contributed by atoms with Crippen molar-refractivity contribution in [2.24, 2.45) is 5.92 Å². The molecule has 1 saturated carbocycles. The van der Waals surface area contributed by atoms with Crippen molar-refractivity contribution in [3.63, 3.8) is 0 Å². The Kier molecular flexibility index (Phi) is 4.15. The highest BCUT2D eigenvalue weighted by molar-refractivity contribution is 6.30. The van der Waals surface area contributed by atoms with Crippen LogP contribution >= 0.6 is 11.6 Å². The maximum absolute atomic E-state index is 12.7. The van der Waals surface area contributed by atoms with Gasteiger partial charge in [0, 0.05) is 18.6 Å². The summed E-state index contributed by atoms with van der Waals surface area (Å²) in [5, 5.41) is 13.2. The molecule has 0 unspecified atom stereocenters. The minimum absolute atomic E-state index is 0.167. The molecule has 6 nitrogen and oxygen atoms in total. The van der Waals surface area contributed by atoms with E-state index in [4.69, 9.17) is 11.6 Å². The summed E-state index contributed by atoms with van der Waals surface area (Å²) in [6.45, 7) is 0. The number of hydrogen-bond acceptors (Lipinski definition) is 4. The van der Waals surface area contributed by atoms with Crippen molar-refractivity contribution in [1.29, 1.82) is 0 Å². The number of halogens is 1. The summed E-state index contributed by atoms with van der Waals surface area (Å²) in [4.78, 5) is 21.4. The van der Waals surface area contributed by atoms with Gasteiger partial charge in [0.05, 0.1) is 22.9 Å². The van der Waals surface area contributed by atoms with E-state index in [9.17, 15) is 9.90 Å². The molecule has 0 saturated heterocycles. The number of rotatable bonds is 4. The maximum Gasteiger partial charge on any atom is 0.272 e. The molecule has 0 bridgehead atoms. The molecule has 0 radical (unpaired) electrons. The Morgan fingerprint density at radius 3 is 2.84 bits per heavy atom. The predicted octanol–water partition coefficient (Wildman–Crippen LogP) is 2.62. The molecule has 3 aromatic rings. The standard InChI is InChI=1S/C18H17ClN4O2/c19-12-4-5-16-21-15(10-23(16)9-12)18(25)22-17(11-7-13(24)8-11)14-3-1-2-6-20-14/h1-6,9-11,13,17,24H,7-8H2,(H,22,25)/t11?,13?,17-/m1/s1. The second kappa shape index (κ2) is 6.46. The Hall–Kier alpha value is -2.44. The number of aromatic nitrogens is 3. The summed E-state index contributed by atoms with van der Waals surface area (Å²) in [7, 11) is 0. The van der Waals surface area contributed by atoms with Gasteiger partial charge in [-0.3, -0.25) is 9.78 Å². The first-order chi connectivity index (χ1) is 12.1. The predicted molar refractivity (Wildman–Crippen MR) is 93.4 cm³/mol. The van der Waals surface area contributed by atoms with Crippen LogP contribution < -0.4 is 5.32 Å². The van der Waals surface area contributed by atoms with Gasteiger partial charge in [0.15, 0.2) is 0 Å². The topological polar surface area (TPSA) is 79.5 Å². The molecular formula is C18H17ClN4O2. The van der Waals surface area contributed by atoms with E-state index in [-0.39, 0.29) is 24.0 Å². The Morgan fingerprint density at radius 1 is 1.28 bits per heavy atom. The van der Waals surface area contributed by atoms with Crippen molar-refractivity contribution in [3.05, 3.63) is 65.3 Å². The van der Waals surface area contributed by atoms with Crippen molar-refractivity contribution < 1.29 is 9.90 Å². The first-order valence-electron chi connectivity index (χ1n) is 8.14. The van der Waals surface area contributed by atoms with Crippen molar-refractivity contribution in [2.45, 2.75) is 25.0 Å². The number of aliphatic hydroxyl groups is 1. The van der Waals surface area contributed by atoms with Crippen LogP contribution in [0.15, 0.2) is 48.9 Å². The lowest BCUT2D eigenvalue weighted by Gasteiger charge is -2.37. The number of imidazole rings is 1. The Bertz CT molecular complexity index is 906. The highest BCUT2D eigenvalue weighted by atomic mass is 35.5. The second-order valence-corrected chi connectivity index (χ2v) is 6.77. The van der Waals surface area contributed by atoms with Crippen LogP contribution in [0, 0.1) is 5.92 Å². The fourth-order valence-electron chi connectivity index (χ4n) is 3.18. The summed E-state index contributed by atoms with van der Waals surface area (Å²) >= 11 is 5.97. The second-order valence-electron chi connectivity index (χ2n) is 6.33. The molecule has 7 heteroatoms. The average Bonchev–Trinajstić information content (AvgIpc) is 3.01. The summed E-state index contributed by atoms with van der Waals surface area (Å²) in [6.07, 6.45) is 6.08. The van der Waals surface area contributed by atoms with E-state index in [1.54, 1.807) is 35.1 Å². The Morgan fingerprint density at radius 2 is 2.12 bits per heavy atom. The van der Waals surface area contributed by atoms with Crippen LogP contribution in [0.4, 0.5) is 0 Å². The number of fused-ring (bicyclic) bond motifs is 1. The molecule has 2 N–H and O–H groups in total. The maximum atomic E-state index is 12.7. The molecule has 3 heterocycles. The number of nitrogens with one attached hydrogen (secondary N) is 1. The number of carbonyl (C=O) groups is 1. The normalized spacial score (nSPS) is 20.9. The van der Waals surface area contributed by atoms with Crippen LogP contribution in [0.2, 0.25) is 5.02 Å². The van der Waals surface area contributed by atoms with Gasteiger partial charge >= 0.3 is 0 Å². The molecule has 1 amide bonds. The molecule has 0 aliphatic heterocycles. The van der Waals surface area contributed by atoms with Crippen LogP contribution in [0.3, 0.4) is 0 Å². The van der Waals surface area contributed by atoms with E-state index < -0.39 is 0 Å². The highest BCUT2D eigenvalue weighted by Gasteiger charge is 2.36. The van der Waals surface area contributed by atoms with Crippen LogP contribution in [0.1, 0.15) is 35.1 Å². The molecule has 3 aromatic heterocycles. The van der Waals surface area contributed by atoms with Gasteiger partial charge in [0.1, 0.15) is 11.3 Å². The van der Waals surface area contributed by atoms with E-state index in [0.29, 0.717) is 29.2 Å². The van der Waals surface area contributed by atoms with Gasteiger partial charge in [-0.05, 0) is 43.0 Å². The van der Waals surface area contributed by atoms with Crippen LogP contribution in [-0.4, -0.2) is 31.5 Å². The third-order valence-electron chi connectivity index (χ3n) is 4.56. The van der Waals surface area contributed by atoms with Gasteiger partial charge in [0.2, 0.25) is 0 Å². The average molecular weight is 357 g/mol. The lowest BCUT2D eigenvalue weighted by atomic mass is 9.76. The molecule has 0 spiro atoms. The number of nitrogens with zero attached hydrogens (tertiary/aromatic N) is 3. The minimum Gasteiger partial charge on any atom is -0.393 e. The van der Waals surface area contributed by atoms with E-state index >= 15 is 0 Å². The molecule has 0 aromatic carbocycles. The zero-order valence-electron chi connectivity index (χ0n) is 13.3. The Labute approximate surface area is 149 Å². The molecule has 25 heavy (non-hydrogen) atoms. The quantitative estimate of drug-likeness (QED) is 0.753. The van der Waals surface area contributed by atoms with Crippen molar-refractivity contribution in [3.8, 4) is 0 Å². The summed E-state index contributed by atoms with van der Waals surface area (Å²) in [6, 6.07) is 8.87. The third kappa shape index (κ3) is 3.23. The van der Waals surface area contributed by atoms with E-state index in [1.807, 2.05) is 18.2 Å². The minimum atomic E-state index is -0.301. The van der Waals surface area contributed by atoms with Crippen molar-refractivity contribution in [1.82, 2.24) is 19.7 Å². The molecule has 1 atom stereocenters. The van der Waals surface area contributed by atoms with Crippen LogP contribution in [-0.2, 0) is 0 Å². The summed E-state index contributed by atoms with van der Waals surface area (Å²) in [5.41, 5.74) is 1.77. The molecule has 1 fully saturated rings. The first-order valence-corrected chi connectivity index (χ1v) is 8.52. The van der Waals surface area contributed by atoms with Crippen molar-refractivity contribution >= 4 is 23.2 Å². The molecule has 4 rings (SSSR count). The van der Waals surface area contributed by atoms with Gasteiger partial charge in [-0.15, -0.1) is 0 Å². The number of amides is 1. The number of aliphatic hydroxyl groups excluding tert-OH is 1. The van der Waals surface area contributed by atoms with Gasteiger partial charge in [-0.25, -0.2) is 4.98 Å². The Balaban J connectivity index is 1.59. The number of carbonyl (C=O) groups excluding carboxylic acids is 1. The summed E-state index contributed by atoms with van der Waals surface area (Å²) < 4.78 is 1.72. The fraction of sp³-hybridized carbons (Fsp3) is 0.278. The van der Waals surface area contributed by atoms with Crippen molar-refractivity contribution in [2.75, 3.05) is 0 Å². The lowest BCUT2D eigenvalue weighted by Crippen LogP contribution is -2.41. The molecular weight excluding hydrogens is 340 g/mol. The van der Waals surface area contributed by atoms with E-state index in [2.05, 4.69) is 15.3 Å². The first kappa shape index (κ1) is 16.1. The zero-order chi connectivity index (χ0) is 17.4. The zero-order valence-corrected chi connectivity index (χ0v) is 14.1. The van der Waals surface area contributed by atoms with Gasteiger partial charge in [-0.1, -0.05) is 17.7 Å². The van der Waals surface area contributed by atoms with E-state index in [0.717, 1.165) is 5.69 Å². The lowest BCUT2D eigenvalue weighted by molar-refractivity contribution is 0.0228.